The van der Waals surface area contributed by atoms with Gasteiger partial charge < -0.3 is 19.7 Å². The molecular weight excluding hydrogens is 339 g/mol. The van der Waals surface area contributed by atoms with Crippen LogP contribution in [0.2, 0.25) is 0 Å². The molecule has 152 valence electrons. The van der Waals surface area contributed by atoms with Crippen LogP contribution in [-0.2, 0) is 9.47 Å². The van der Waals surface area contributed by atoms with Crippen LogP contribution in [0.15, 0.2) is 0 Å². The largest absolute Gasteiger partial charge is 0.378 e. The van der Waals surface area contributed by atoms with Gasteiger partial charge in [-0.1, -0.05) is 12.8 Å². The number of aliphatic hydroxyl groups excluding tert-OH is 2. The first-order valence-corrected chi connectivity index (χ1v) is 10.0. The normalized spacial score (nSPS) is 37.2. The van der Waals surface area contributed by atoms with Crippen molar-refractivity contribution in [3.63, 3.8) is 0 Å². The molecule has 0 radical (unpaired) electrons. The fourth-order valence-electron chi connectivity index (χ4n) is 4.56. The molecule has 0 aromatic carbocycles. The number of hydrogen-bond donors (Lipinski definition) is 2. The van der Waals surface area contributed by atoms with Crippen molar-refractivity contribution in [2.24, 2.45) is 5.92 Å². The molecule has 3 fully saturated rings. The Labute approximate surface area is 156 Å². The van der Waals surface area contributed by atoms with E-state index in [1.165, 1.54) is 0 Å². The summed E-state index contributed by atoms with van der Waals surface area (Å²) in [6.07, 6.45) is 1.21. The van der Waals surface area contributed by atoms with Crippen LogP contribution < -0.4 is 0 Å². The number of nitrogens with zero attached hydrogens (tertiary/aromatic N) is 2. The Morgan fingerprint density at radius 2 is 1.77 bits per heavy atom. The molecular formula is C19H35FN2O4. The third kappa shape index (κ3) is 4.75. The minimum absolute atomic E-state index is 0.0460. The van der Waals surface area contributed by atoms with Crippen LogP contribution >= 0.6 is 0 Å². The Kier molecular flexibility index (Phi) is 6.57. The summed E-state index contributed by atoms with van der Waals surface area (Å²) in [7, 11) is 0. The number of halogens is 1. The van der Waals surface area contributed by atoms with E-state index < -0.39 is 24.4 Å². The molecule has 6 atom stereocenters. The van der Waals surface area contributed by atoms with E-state index in [0.717, 1.165) is 25.7 Å². The monoisotopic (exact) mass is 374 g/mol. The van der Waals surface area contributed by atoms with E-state index in [1.807, 2.05) is 25.7 Å². The third-order valence-corrected chi connectivity index (χ3v) is 5.85. The minimum Gasteiger partial charge on any atom is -0.378 e. The molecule has 0 aromatic rings. The Morgan fingerprint density at radius 1 is 1.08 bits per heavy atom. The van der Waals surface area contributed by atoms with E-state index in [-0.39, 0.29) is 18.0 Å². The Morgan fingerprint density at radius 3 is 2.46 bits per heavy atom. The van der Waals surface area contributed by atoms with Gasteiger partial charge in [-0.25, -0.2) is 4.39 Å². The molecule has 2 N–H and O–H groups in total. The second-order valence-electron chi connectivity index (χ2n) is 9.01. The zero-order chi connectivity index (χ0) is 18.9. The maximum absolute atomic E-state index is 14.4. The standard InChI is InChI=1S/C19H35FN2O4/c1-19(2,3)26-18(24)21-9-8-13-11-25-12-14(10-21)22(13)17(23)15-6-4-5-7-16(15)20/h13-18,23-24H,4-12H2,1-3H3. The lowest BCUT2D eigenvalue weighted by atomic mass is 9.85. The van der Waals surface area contributed by atoms with E-state index in [9.17, 15) is 14.6 Å². The first kappa shape index (κ1) is 20.4. The van der Waals surface area contributed by atoms with E-state index in [0.29, 0.717) is 32.7 Å². The molecule has 7 heteroatoms. The molecule has 0 aromatic heterocycles. The summed E-state index contributed by atoms with van der Waals surface area (Å²) in [5.41, 5.74) is -0.444. The molecule has 2 saturated heterocycles. The summed E-state index contributed by atoms with van der Waals surface area (Å²) in [5.74, 6) is -0.325. The molecule has 6 nitrogen and oxygen atoms in total. The van der Waals surface area contributed by atoms with Gasteiger partial charge in [0, 0.05) is 31.1 Å². The van der Waals surface area contributed by atoms with Crippen LogP contribution in [-0.4, -0.2) is 82.8 Å². The van der Waals surface area contributed by atoms with Gasteiger partial charge in [-0.15, -0.1) is 0 Å². The number of ether oxygens (including phenoxy) is 2. The van der Waals surface area contributed by atoms with Gasteiger partial charge in [-0.3, -0.25) is 9.80 Å². The lowest BCUT2D eigenvalue weighted by molar-refractivity contribution is -0.241. The molecule has 3 rings (SSSR count). The summed E-state index contributed by atoms with van der Waals surface area (Å²) >= 11 is 0. The topological polar surface area (TPSA) is 65.4 Å². The van der Waals surface area contributed by atoms with Crippen LogP contribution in [0.4, 0.5) is 4.39 Å². The zero-order valence-corrected chi connectivity index (χ0v) is 16.3. The minimum atomic E-state index is -0.989. The molecule has 2 heterocycles. The molecule has 1 saturated carbocycles. The number of hydrogen-bond acceptors (Lipinski definition) is 6. The number of rotatable bonds is 4. The predicted octanol–water partition coefficient (Wildman–Crippen LogP) is 1.70. The van der Waals surface area contributed by atoms with E-state index in [1.54, 1.807) is 0 Å². The molecule has 26 heavy (non-hydrogen) atoms. The molecule has 3 aliphatic rings. The average Bonchev–Trinajstić information content (AvgIpc) is 2.66. The fraction of sp³-hybridized carbons (Fsp3) is 1.00. The van der Waals surface area contributed by atoms with Gasteiger partial charge >= 0.3 is 0 Å². The van der Waals surface area contributed by atoms with Crippen LogP contribution in [0.3, 0.4) is 0 Å². The number of aliphatic hydroxyl groups is 2. The number of alkyl halides is 1. The summed E-state index contributed by atoms with van der Waals surface area (Å²) in [5, 5.41) is 21.5. The van der Waals surface area contributed by atoms with Gasteiger partial charge in [0.2, 0.25) is 6.41 Å². The lowest BCUT2D eigenvalue weighted by Crippen LogP contribution is -2.60. The second-order valence-corrected chi connectivity index (χ2v) is 9.01. The smallest absolute Gasteiger partial charge is 0.216 e. The quantitative estimate of drug-likeness (QED) is 0.731. The Balaban J connectivity index is 1.71. The van der Waals surface area contributed by atoms with Crippen molar-refractivity contribution in [1.82, 2.24) is 9.80 Å². The lowest BCUT2D eigenvalue weighted by Gasteiger charge is -2.46. The van der Waals surface area contributed by atoms with Gasteiger partial charge in [0.1, 0.15) is 12.4 Å². The predicted molar refractivity (Wildman–Crippen MR) is 96.1 cm³/mol. The highest BCUT2D eigenvalue weighted by atomic mass is 19.1. The van der Waals surface area contributed by atoms with E-state index >= 15 is 0 Å². The first-order valence-electron chi connectivity index (χ1n) is 10.0. The van der Waals surface area contributed by atoms with Crippen LogP contribution in [0.1, 0.15) is 52.9 Å². The van der Waals surface area contributed by atoms with Crippen molar-refractivity contribution in [3.05, 3.63) is 0 Å². The van der Waals surface area contributed by atoms with Crippen molar-refractivity contribution in [3.8, 4) is 0 Å². The highest BCUT2D eigenvalue weighted by molar-refractivity contribution is 4.94. The summed E-state index contributed by atoms with van der Waals surface area (Å²) < 4.78 is 25.9. The van der Waals surface area contributed by atoms with Crippen LogP contribution in [0.25, 0.3) is 0 Å². The van der Waals surface area contributed by atoms with Crippen molar-refractivity contribution in [2.45, 2.75) is 89.4 Å². The van der Waals surface area contributed by atoms with Gasteiger partial charge in [0.25, 0.3) is 0 Å². The third-order valence-electron chi connectivity index (χ3n) is 5.85. The molecule has 0 spiro atoms. The number of fused-ring (bicyclic) bond motifs is 2. The van der Waals surface area contributed by atoms with Gasteiger partial charge in [-0.05, 0) is 40.0 Å². The summed E-state index contributed by atoms with van der Waals surface area (Å²) in [6.45, 7) is 7.96. The average molecular weight is 374 g/mol. The molecule has 0 amide bonds. The second kappa shape index (κ2) is 8.37. The highest BCUT2D eigenvalue weighted by Crippen LogP contribution is 2.35. The molecule has 2 aliphatic heterocycles. The summed E-state index contributed by atoms with van der Waals surface area (Å²) in [4.78, 5) is 3.97. The molecule has 2 bridgehead atoms. The Hall–Kier alpha value is -0.310. The van der Waals surface area contributed by atoms with Crippen molar-refractivity contribution in [1.29, 1.82) is 0 Å². The highest BCUT2D eigenvalue weighted by Gasteiger charge is 2.44. The first-order chi connectivity index (χ1) is 12.3. The van der Waals surface area contributed by atoms with E-state index in [4.69, 9.17) is 9.47 Å². The van der Waals surface area contributed by atoms with E-state index in [2.05, 4.69) is 4.90 Å². The zero-order valence-electron chi connectivity index (χ0n) is 16.3. The molecule has 1 aliphatic carbocycles. The number of morpholine rings is 1. The molecule has 6 unspecified atom stereocenters. The fourth-order valence-corrected chi connectivity index (χ4v) is 4.56. The van der Waals surface area contributed by atoms with Crippen LogP contribution in [0, 0.1) is 5.92 Å². The van der Waals surface area contributed by atoms with Crippen molar-refractivity contribution < 1.29 is 24.1 Å². The SMILES string of the molecule is CC(C)(C)OC(O)N1CCC2COCC(C1)N2C(O)C1CCCCC1F. The maximum atomic E-state index is 14.4. The van der Waals surface area contributed by atoms with Gasteiger partial charge in [0.05, 0.1) is 18.8 Å². The van der Waals surface area contributed by atoms with Crippen molar-refractivity contribution in [2.75, 3.05) is 26.3 Å². The van der Waals surface area contributed by atoms with Crippen LogP contribution in [0.5, 0.6) is 0 Å². The maximum Gasteiger partial charge on any atom is 0.216 e. The van der Waals surface area contributed by atoms with Gasteiger partial charge in [0.15, 0.2) is 0 Å². The van der Waals surface area contributed by atoms with Crippen molar-refractivity contribution >= 4 is 0 Å². The Bertz CT molecular complexity index is 461. The summed E-state index contributed by atoms with van der Waals surface area (Å²) in [6, 6.07) is -0.0247. The van der Waals surface area contributed by atoms with Gasteiger partial charge in [-0.2, -0.15) is 0 Å².